The van der Waals surface area contributed by atoms with Crippen molar-refractivity contribution in [2.24, 2.45) is 0 Å². The van der Waals surface area contributed by atoms with E-state index in [4.69, 9.17) is 0 Å². The van der Waals surface area contributed by atoms with E-state index in [1.807, 2.05) is 13.0 Å². The van der Waals surface area contributed by atoms with Gasteiger partial charge in [-0.2, -0.15) is 0 Å². The van der Waals surface area contributed by atoms with E-state index in [0.717, 1.165) is 43.3 Å². The summed E-state index contributed by atoms with van der Waals surface area (Å²) in [5.41, 5.74) is 2.68. The largest absolute Gasteiger partial charge is 0.349 e. The molecule has 1 saturated heterocycles. The molecule has 1 fully saturated rings. The Morgan fingerprint density at radius 1 is 1.19 bits per heavy atom. The molecule has 0 bridgehead atoms. The van der Waals surface area contributed by atoms with Crippen molar-refractivity contribution in [3.8, 4) is 0 Å². The third-order valence-corrected chi connectivity index (χ3v) is 4.58. The number of nitrogens with one attached hydrogen (secondary N) is 1. The highest BCUT2D eigenvalue weighted by Gasteiger charge is 2.16. The number of anilines is 1. The summed E-state index contributed by atoms with van der Waals surface area (Å²) in [6, 6.07) is 1.86. The zero-order chi connectivity index (χ0) is 18.7. The molecule has 3 rings (SSSR count). The van der Waals surface area contributed by atoms with Crippen molar-refractivity contribution in [2.75, 3.05) is 18.0 Å². The van der Waals surface area contributed by atoms with Crippen LogP contribution in [0.1, 0.15) is 35.5 Å². The lowest BCUT2D eigenvalue weighted by atomic mass is 10.3. The number of carbonyl (C=O) groups is 1. The highest BCUT2D eigenvalue weighted by atomic mass is 16.2. The van der Waals surface area contributed by atoms with Crippen LogP contribution in [0.4, 0.5) is 5.95 Å². The first-order valence-electron chi connectivity index (χ1n) is 8.83. The van der Waals surface area contributed by atoms with Crippen LogP contribution in [-0.2, 0) is 17.9 Å². The van der Waals surface area contributed by atoms with Crippen LogP contribution in [-0.4, -0.2) is 38.5 Å². The van der Waals surface area contributed by atoms with Gasteiger partial charge >= 0.3 is 0 Å². The van der Waals surface area contributed by atoms with E-state index in [9.17, 15) is 9.59 Å². The molecular formula is C18H24N6O2. The lowest BCUT2D eigenvalue weighted by Gasteiger charge is -2.16. The van der Waals surface area contributed by atoms with E-state index in [-0.39, 0.29) is 18.0 Å². The lowest BCUT2D eigenvalue weighted by molar-refractivity contribution is -0.121. The topological polar surface area (TPSA) is 93.0 Å². The predicted molar refractivity (Wildman–Crippen MR) is 98.0 cm³/mol. The maximum Gasteiger partial charge on any atom is 0.256 e. The van der Waals surface area contributed by atoms with Gasteiger partial charge in [0.15, 0.2) is 0 Å². The number of nitrogens with zero attached hydrogens (tertiary/aromatic N) is 5. The molecule has 138 valence electrons. The maximum absolute atomic E-state index is 12.2. The van der Waals surface area contributed by atoms with Crippen molar-refractivity contribution in [3.63, 3.8) is 0 Å². The number of rotatable bonds is 5. The molecule has 2 aromatic rings. The molecule has 0 spiro atoms. The molecule has 0 atom stereocenters. The van der Waals surface area contributed by atoms with Gasteiger partial charge in [0.2, 0.25) is 11.9 Å². The number of carbonyl (C=O) groups excluding carboxylic acids is 1. The van der Waals surface area contributed by atoms with Crippen molar-refractivity contribution in [1.82, 2.24) is 24.8 Å². The van der Waals surface area contributed by atoms with Gasteiger partial charge < -0.3 is 10.2 Å². The molecule has 0 saturated carbocycles. The molecule has 0 aliphatic carbocycles. The second-order valence-corrected chi connectivity index (χ2v) is 6.66. The fourth-order valence-corrected chi connectivity index (χ4v) is 2.95. The van der Waals surface area contributed by atoms with Gasteiger partial charge in [-0.1, -0.05) is 0 Å². The first kappa shape index (κ1) is 18.0. The summed E-state index contributed by atoms with van der Waals surface area (Å²) in [4.78, 5) is 39.7. The quantitative estimate of drug-likeness (QED) is 0.855. The number of amides is 1. The minimum absolute atomic E-state index is 0.0595. The van der Waals surface area contributed by atoms with Crippen LogP contribution in [0.3, 0.4) is 0 Å². The highest BCUT2D eigenvalue weighted by molar-refractivity contribution is 5.75. The van der Waals surface area contributed by atoms with Crippen LogP contribution in [0.2, 0.25) is 0 Å². The second kappa shape index (κ2) is 7.63. The van der Waals surface area contributed by atoms with E-state index in [1.54, 1.807) is 13.8 Å². The van der Waals surface area contributed by atoms with Crippen LogP contribution < -0.4 is 15.8 Å². The standard InChI is InChI=1S/C18H24N6O2/c1-12-8-15(22-18(21-12)23-6-4-5-7-23)9-19-16(25)10-24-11-20-14(3)13(2)17(24)26/h8,11H,4-7,9-10H2,1-3H3,(H,19,25). The van der Waals surface area contributed by atoms with E-state index >= 15 is 0 Å². The molecule has 2 aromatic heterocycles. The van der Waals surface area contributed by atoms with Crippen molar-refractivity contribution >= 4 is 11.9 Å². The van der Waals surface area contributed by atoms with Gasteiger partial charge in [0.25, 0.3) is 5.56 Å². The Balaban J connectivity index is 1.64. The van der Waals surface area contributed by atoms with E-state index in [2.05, 4.69) is 25.2 Å². The summed E-state index contributed by atoms with van der Waals surface area (Å²) in [6.07, 6.45) is 3.72. The van der Waals surface area contributed by atoms with Gasteiger partial charge in [-0.05, 0) is 39.7 Å². The summed E-state index contributed by atoms with van der Waals surface area (Å²) < 4.78 is 1.32. The number of aryl methyl sites for hydroxylation is 2. The zero-order valence-corrected chi connectivity index (χ0v) is 15.4. The van der Waals surface area contributed by atoms with Gasteiger partial charge in [-0.3, -0.25) is 14.2 Å². The van der Waals surface area contributed by atoms with Gasteiger partial charge in [-0.15, -0.1) is 0 Å². The number of hydrogen-bond donors (Lipinski definition) is 1. The van der Waals surface area contributed by atoms with Gasteiger partial charge in [0, 0.05) is 30.0 Å². The Kier molecular flexibility index (Phi) is 5.29. The Hall–Kier alpha value is -2.77. The van der Waals surface area contributed by atoms with Crippen LogP contribution in [0.25, 0.3) is 0 Å². The molecule has 8 heteroatoms. The van der Waals surface area contributed by atoms with Crippen molar-refractivity contribution in [1.29, 1.82) is 0 Å². The molecule has 8 nitrogen and oxygen atoms in total. The monoisotopic (exact) mass is 356 g/mol. The molecule has 0 unspecified atom stereocenters. The first-order chi connectivity index (χ1) is 12.4. The third-order valence-electron chi connectivity index (χ3n) is 4.58. The molecule has 1 aliphatic rings. The summed E-state index contributed by atoms with van der Waals surface area (Å²) in [6.45, 7) is 7.59. The number of aromatic nitrogens is 4. The van der Waals surface area contributed by atoms with Crippen molar-refractivity contribution < 1.29 is 4.79 Å². The first-order valence-corrected chi connectivity index (χ1v) is 8.83. The molecular weight excluding hydrogens is 332 g/mol. The van der Waals surface area contributed by atoms with Crippen LogP contribution >= 0.6 is 0 Å². The molecule has 0 aromatic carbocycles. The molecule has 26 heavy (non-hydrogen) atoms. The zero-order valence-electron chi connectivity index (χ0n) is 15.4. The summed E-state index contributed by atoms with van der Waals surface area (Å²) in [5, 5.41) is 2.82. The van der Waals surface area contributed by atoms with Gasteiger partial charge in [-0.25, -0.2) is 15.0 Å². The maximum atomic E-state index is 12.2. The van der Waals surface area contributed by atoms with E-state index < -0.39 is 0 Å². The molecule has 1 N–H and O–H groups in total. The SMILES string of the molecule is Cc1cc(CNC(=O)Cn2cnc(C)c(C)c2=O)nc(N2CCCC2)n1. The van der Waals surface area contributed by atoms with Gasteiger partial charge in [0.05, 0.1) is 18.6 Å². The summed E-state index contributed by atoms with van der Waals surface area (Å²) in [7, 11) is 0. The van der Waals surface area contributed by atoms with Crippen molar-refractivity contribution in [2.45, 2.75) is 46.7 Å². The fourth-order valence-electron chi connectivity index (χ4n) is 2.95. The summed E-state index contributed by atoms with van der Waals surface area (Å²) >= 11 is 0. The van der Waals surface area contributed by atoms with Gasteiger partial charge in [0.1, 0.15) is 6.54 Å². The predicted octanol–water partition coefficient (Wildman–Crippen LogP) is 0.875. The highest BCUT2D eigenvalue weighted by Crippen LogP contribution is 2.16. The Labute approximate surface area is 152 Å². The minimum atomic E-state index is -0.254. The third kappa shape index (κ3) is 4.07. The Morgan fingerprint density at radius 3 is 2.65 bits per heavy atom. The van der Waals surface area contributed by atoms with E-state index in [0.29, 0.717) is 17.8 Å². The summed E-state index contributed by atoms with van der Waals surface area (Å²) in [5.74, 6) is 0.470. The van der Waals surface area contributed by atoms with E-state index in [1.165, 1.54) is 10.9 Å². The minimum Gasteiger partial charge on any atom is -0.349 e. The van der Waals surface area contributed by atoms with Crippen LogP contribution in [0, 0.1) is 20.8 Å². The molecule has 3 heterocycles. The average molecular weight is 356 g/mol. The molecule has 1 aliphatic heterocycles. The smallest absolute Gasteiger partial charge is 0.256 e. The van der Waals surface area contributed by atoms with Crippen LogP contribution in [0.5, 0.6) is 0 Å². The molecule has 0 radical (unpaired) electrons. The normalized spacial score (nSPS) is 13.9. The van der Waals surface area contributed by atoms with Crippen molar-refractivity contribution in [3.05, 3.63) is 45.4 Å². The average Bonchev–Trinajstić information content (AvgIpc) is 3.15. The molecule has 1 amide bonds. The second-order valence-electron chi connectivity index (χ2n) is 6.66. The lowest BCUT2D eigenvalue weighted by Crippen LogP contribution is -2.33. The Bertz CT molecular complexity index is 870. The van der Waals surface area contributed by atoms with Crippen LogP contribution in [0.15, 0.2) is 17.2 Å². The fraction of sp³-hybridized carbons (Fsp3) is 0.500. The number of hydrogen-bond acceptors (Lipinski definition) is 6. The Morgan fingerprint density at radius 2 is 1.92 bits per heavy atom.